The Labute approximate surface area is 165 Å². The zero-order valence-electron chi connectivity index (χ0n) is 16.1. The summed E-state index contributed by atoms with van der Waals surface area (Å²) in [5.41, 5.74) is 1.86. The molecule has 2 aromatic carbocycles. The van der Waals surface area contributed by atoms with Crippen LogP contribution >= 0.6 is 0 Å². The van der Waals surface area contributed by atoms with Gasteiger partial charge in [0, 0.05) is 12.6 Å². The van der Waals surface area contributed by atoms with Crippen molar-refractivity contribution in [2.45, 2.75) is 44.3 Å². The molecule has 3 atom stereocenters. The molecule has 1 unspecified atom stereocenters. The van der Waals surface area contributed by atoms with Crippen LogP contribution in [0.3, 0.4) is 0 Å². The summed E-state index contributed by atoms with van der Waals surface area (Å²) in [7, 11) is 1.62. The van der Waals surface area contributed by atoms with Crippen molar-refractivity contribution in [3.63, 3.8) is 0 Å². The van der Waals surface area contributed by atoms with Crippen molar-refractivity contribution in [2.24, 2.45) is 5.92 Å². The van der Waals surface area contributed by atoms with Gasteiger partial charge in [-0.3, -0.25) is 9.59 Å². The molecule has 28 heavy (non-hydrogen) atoms. The van der Waals surface area contributed by atoms with Gasteiger partial charge in [-0.2, -0.15) is 0 Å². The van der Waals surface area contributed by atoms with E-state index in [1.165, 1.54) is 0 Å². The van der Waals surface area contributed by atoms with E-state index in [1.54, 1.807) is 7.11 Å². The van der Waals surface area contributed by atoms with Crippen molar-refractivity contribution in [1.29, 1.82) is 0 Å². The molecule has 146 valence electrons. The number of nitrogens with one attached hydrogen (secondary N) is 1. The van der Waals surface area contributed by atoms with Crippen molar-refractivity contribution in [3.8, 4) is 5.75 Å². The number of benzene rings is 2. The van der Waals surface area contributed by atoms with Gasteiger partial charge >= 0.3 is 0 Å². The first-order valence-corrected chi connectivity index (χ1v) is 9.97. The third kappa shape index (κ3) is 3.49. The first kappa shape index (κ1) is 18.5. The Morgan fingerprint density at radius 2 is 1.82 bits per heavy atom. The Kier molecular flexibility index (Phi) is 5.33. The molecule has 1 saturated carbocycles. The van der Waals surface area contributed by atoms with Crippen molar-refractivity contribution in [2.75, 3.05) is 7.11 Å². The predicted octanol–water partition coefficient (Wildman–Crippen LogP) is 3.45. The maximum absolute atomic E-state index is 13.2. The van der Waals surface area contributed by atoms with Gasteiger partial charge in [-0.15, -0.1) is 0 Å². The fraction of sp³-hybridized carbons (Fsp3) is 0.391. The quantitative estimate of drug-likeness (QED) is 0.783. The van der Waals surface area contributed by atoms with Crippen LogP contribution in [-0.2, 0) is 16.1 Å². The van der Waals surface area contributed by atoms with Crippen molar-refractivity contribution in [1.82, 2.24) is 10.2 Å². The molecule has 2 amide bonds. The molecular formula is C23H26N2O3. The van der Waals surface area contributed by atoms with Crippen molar-refractivity contribution in [3.05, 3.63) is 65.7 Å². The molecular weight excluding hydrogens is 352 g/mol. The monoisotopic (exact) mass is 378 g/mol. The highest BCUT2D eigenvalue weighted by Gasteiger charge is 2.52. The highest BCUT2D eigenvalue weighted by molar-refractivity contribution is 5.93. The molecule has 4 rings (SSSR count). The molecule has 0 radical (unpaired) electrons. The lowest BCUT2D eigenvalue weighted by atomic mass is 9.74. The predicted molar refractivity (Wildman–Crippen MR) is 107 cm³/mol. The van der Waals surface area contributed by atoms with E-state index >= 15 is 0 Å². The van der Waals surface area contributed by atoms with E-state index in [1.807, 2.05) is 59.5 Å². The SMILES string of the molecule is COc1ccc(C(C(=O)NCc2ccccc2)N2C(=O)[C@@H]3CCCC[C@@H]32)cc1. The molecule has 0 spiro atoms. The van der Waals surface area contributed by atoms with Crippen molar-refractivity contribution < 1.29 is 14.3 Å². The average Bonchev–Trinajstić information content (AvgIpc) is 2.76. The lowest BCUT2D eigenvalue weighted by molar-refractivity contribution is -0.168. The van der Waals surface area contributed by atoms with E-state index in [0.717, 1.165) is 42.6 Å². The van der Waals surface area contributed by atoms with Crippen LogP contribution in [0.15, 0.2) is 54.6 Å². The zero-order chi connectivity index (χ0) is 19.5. The van der Waals surface area contributed by atoms with Crippen LogP contribution < -0.4 is 10.1 Å². The Balaban J connectivity index is 1.57. The summed E-state index contributed by atoms with van der Waals surface area (Å²) in [5, 5.41) is 3.03. The fourth-order valence-corrected chi connectivity index (χ4v) is 4.43. The maximum atomic E-state index is 13.2. The smallest absolute Gasteiger partial charge is 0.247 e. The Morgan fingerprint density at radius 1 is 1.11 bits per heavy atom. The number of likely N-dealkylation sites (tertiary alicyclic amines) is 1. The second kappa shape index (κ2) is 8.05. The summed E-state index contributed by atoms with van der Waals surface area (Å²) in [5.74, 6) is 0.806. The number of hydrogen-bond acceptors (Lipinski definition) is 3. The highest BCUT2D eigenvalue weighted by atomic mass is 16.5. The minimum atomic E-state index is -0.596. The summed E-state index contributed by atoms with van der Waals surface area (Å²) in [4.78, 5) is 27.8. The molecule has 1 aliphatic carbocycles. The summed E-state index contributed by atoms with van der Waals surface area (Å²) < 4.78 is 5.24. The van der Waals surface area contributed by atoms with Crippen LogP contribution in [0.1, 0.15) is 42.9 Å². The summed E-state index contributed by atoms with van der Waals surface area (Å²) in [6.07, 6.45) is 4.15. The van der Waals surface area contributed by atoms with Crippen LogP contribution in [0.5, 0.6) is 5.75 Å². The molecule has 0 aromatic heterocycles. The number of amides is 2. The summed E-state index contributed by atoms with van der Waals surface area (Å²) in [6, 6.07) is 16.9. The van der Waals surface area contributed by atoms with Crippen LogP contribution in [-0.4, -0.2) is 29.9 Å². The molecule has 1 heterocycles. The average molecular weight is 378 g/mol. The van der Waals surface area contributed by atoms with Gasteiger partial charge in [0.05, 0.1) is 13.0 Å². The third-order valence-corrected chi connectivity index (χ3v) is 5.93. The number of methoxy groups -OCH3 is 1. The molecule has 2 aromatic rings. The van der Waals surface area contributed by atoms with Gasteiger partial charge in [0.15, 0.2) is 0 Å². The first-order valence-electron chi connectivity index (χ1n) is 9.97. The summed E-state index contributed by atoms with van der Waals surface area (Å²) >= 11 is 0. The van der Waals surface area contributed by atoms with E-state index in [-0.39, 0.29) is 23.8 Å². The molecule has 5 heteroatoms. The van der Waals surface area contributed by atoms with Gasteiger partial charge in [-0.25, -0.2) is 0 Å². The lowest BCUT2D eigenvalue weighted by Gasteiger charge is -2.52. The number of ether oxygens (including phenoxy) is 1. The van der Waals surface area contributed by atoms with E-state index in [2.05, 4.69) is 5.32 Å². The Hall–Kier alpha value is -2.82. The third-order valence-electron chi connectivity index (χ3n) is 5.93. The number of hydrogen-bond donors (Lipinski definition) is 1. The highest BCUT2D eigenvalue weighted by Crippen LogP contribution is 2.43. The van der Waals surface area contributed by atoms with Crippen LogP contribution in [0.25, 0.3) is 0 Å². The van der Waals surface area contributed by atoms with Gasteiger partial charge in [0.1, 0.15) is 11.8 Å². The van der Waals surface area contributed by atoms with Gasteiger partial charge in [0.25, 0.3) is 0 Å². The normalized spacial score (nSPS) is 22.0. The van der Waals surface area contributed by atoms with Gasteiger partial charge in [-0.05, 0) is 36.1 Å². The van der Waals surface area contributed by atoms with Gasteiger partial charge in [0.2, 0.25) is 11.8 Å². The van der Waals surface area contributed by atoms with Crippen LogP contribution in [0.2, 0.25) is 0 Å². The standard InChI is InChI=1S/C23H26N2O3/c1-28-18-13-11-17(12-14-18)21(22(26)24-15-16-7-3-2-4-8-16)25-20-10-6-5-9-19(20)23(25)27/h2-4,7-8,11-14,19-21H,5-6,9-10,15H2,1H3,(H,24,26)/t19-,20+,21?/m1/s1. The zero-order valence-corrected chi connectivity index (χ0v) is 16.1. The van der Waals surface area contributed by atoms with Crippen LogP contribution in [0, 0.1) is 5.92 Å². The first-order chi connectivity index (χ1) is 13.7. The molecule has 1 saturated heterocycles. The van der Waals surface area contributed by atoms with Gasteiger partial charge < -0.3 is 15.0 Å². The minimum absolute atomic E-state index is 0.0939. The van der Waals surface area contributed by atoms with E-state index in [4.69, 9.17) is 4.74 Å². The number of carbonyl (C=O) groups excluding carboxylic acids is 2. The second-order valence-corrected chi connectivity index (χ2v) is 7.58. The molecule has 5 nitrogen and oxygen atoms in total. The second-order valence-electron chi connectivity index (χ2n) is 7.58. The lowest BCUT2D eigenvalue weighted by Crippen LogP contribution is -2.64. The molecule has 2 aliphatic rings. The van der Waals surface area contributed by atoms with E-state index in [0.29, 0.717) is 6.54 Å². The van der Waals surface area contributed by atoms with E-state index < -0.39 is 6.04 Å². The number of nitrogens with zero attached hydrogens (tertiary/aromatic N) is 1. The van der Waals surface area contributed by atoms with Crippen LogP contribution in [0.4, 0.5) is 0 Å². The summed E-state index contributed by atoms with van der Waals surface area (Å²) in [6.45, 7) is 0.447. The topological polar surface area (TPSA) is 58.6 Å². The molecule has 1 aliphatic heterocycles. The maximum Gasteiger partial charge on any atom is 0.247 e. The molecule has 1 N–H and O–H groups in total. The minimum Gasteiger partial charge on any atom is -0.497 e. The number of β-lactam (4-membered cyclic amide) rings is 1. The Morgan fingerprint density at radius 3 is 2.54 bits per heavy atom. The largest absolute Gasteiger partial charge is 0.497 e. The number of rotatable bonds is 6. The van der Waals surface area contributed by atoms with E-state index in [9.17, 15) is 9.59 Å². The molecule has 2 fully saturated rings. The molecule has 0 bridgehead atoms. The Bertz CT molecular complexity index is 835. The number of carbonyl (C=O) groups is 2. The van der Waals surface area contributed by atoms with Gasteiger partial charge in [-0.1, -0.05) is 55.3 Å². The number of fused-ring (bicyclic) bond motifs is 1. The van der Waals surface area contributed by atoms with Crippen molar-refractivity contribution >= 4 is 11.8 Å². The fourth-order valence-electron chi connectivity index (χ4n) is 4.43.